The van der Waals surface area contributed by atoms with Crippen molar-refractivity contribution < 1.29 is 9.59 Å². The van der Waals surface area contributed by atoms with Crippen LogP contribution >= 0.6 is 0 Å². The van der Waals surface area contributed by atoms with Crippen LogP contribution in [0, 0.1) is 0 Å². The van der Waals surface area contributed by atoms with E-state index in [0.717, 1.165) is 38.6 Å². The lowest BCUT2D eigenvalue weighted by Gasteiger charge is -2.09. The van der Waals surface area contributed by atoms with Crippen molar-refractivity contribution in [2.45, 2.75) is 13.8 Å². The molecule has 11 heteroatoms. The highest BCUT2D eigenvalue weighted by atomic mass is 16.2. The van der Waals surface area contributed by atoms with Crippen molar-refractivity contribution >= 4 is 69.3 Å². The first kappa shape index (κ1) is 27.1. The Labute approximate surface area is 246 Å². The van der Waals surface area contributed by atoms with Crippen LogP contribution in [0.3, 0.4) is 0 Å². The Kier molecular flexibility index (Phi) is 7.43. The van der Waals surface area contributed by atoms with Gasteiger partial charge < -0.3 is 5.32 Å². The fraction of sp³-hybridized carbons (Fsp3) is 0.0625. The average molecular weight is 570 g/mol. The summed E-state index contributed by atoms with van der Waals surface area (Å²) < 4.78 is 3.18. The van der Waals surface area contributed by atoms with Crippen LogP contribution in [-0.2, 0) is 0 Å². The molecule has 0 amide bonds. The predicted molar refractivity (Wildman–Crippen MR) is 171 cm³/mol. The van der Waals surface area contributed by atoms with Gasteiger partial charge in [0.1, 0.15) is 5.82 Å². The molecule has 3 heterocycles. The zero-order valence-corrected chi connectivity index (χ0v) is 23.4. The standard InChI is InChI=1S/C32H27N9O2/c1-21(42)40-19-23(26-12-6-8-14-28(26)40)17-33-38-31-16-30(35-25-10-4-3-5-11-25)36-32(37-31)39-34-18-24-20-41(22(2)43)29-15-9-7-13-27(24)29/h3-20H,1-2H3,(H3,35,36,37,38,39). The molecule has 0 spiro atoms. The molecule has 6 rings (SSSR count). The van der Waals surface area contributed by atoms with Gasteiger partial charge in [0.25, 0.3) is 0 Å². The van der Waals surface area contributed by atoms with Gasteiger partial charge in [-0.2, -0.15) is 20.2 Å². The van der Waals surface area contributed by atoms with E-state index in [1.54, 1.807) is 40.0 Å². The molecule has 0 fully saturated rings. The summed E-state index contributed by atoms with van der Waals surface area (Å²) in [5, 5.41) is 13.8. The van der Waals surface area contributed by atoms with Crippen molar-refractivity contribution in [3.63, 3.8) is 0 Å². The number of nitrogens with one attached hydrogen (secondary N) is 3. The lowest BCUT2D eigenvalue weighted by atomic mass is 10.2. The van der Waals surface area contributed by atoms with Gasteiger partial charge in [-0.05, 0) is 24.3 Å². The van der Waals surface area contributed by atoms with Crippen LogP contribution in [0.15, 0.2) is 108 Å². The number of hydrogen-bond donors (Lipinski definition) is 3. The number of rotatable bonds is 8. The van der Waals surface area contributed by atoms with Gasteiger partial charge in [0, 0.05) is 59.9 Å². The summed E-state index contributed by atoms with van der Waals surface area (Å²) in [5.41, 5.74) is 9.86. The summed E-state index contributed by atoms with van der Waals surface area (Å²) >= 11 is 0. The Morgan fingerprint density at radius 1 is 0.674 bits per heavy atom. The van der Waals surface area contributed by atoms with Crippen LogP contribution in [0.1, 0.15) is 34.6 Å². The van der Waals surface area contributed by atoms with E-state index in [-0.39, 0.29) is 17.8 Å². The van der Waals surface area contributed by atoms with E-state index < -0.39 is 0 Å². The second kappa shape index (κ2) is 11.8. The number of hydrogen-bond acceptors (Lipinski definition) is 9. The van der Waals surface area contributed by atoms with Crippen LogP contribution in [-0.4, -0.2) is 43.3 Å². The van der Waals surface area contributed by atoms with Gasteiger partial charge in [0.15, 0.2) is 5.82 Å². The highest BCUT2D eigenvalue weighted by molar-refractivity contribution is 6.04. The lowest BCUT2D eigenvalue weighted by molar-refractivity contribution is 0.0933. The summed E-state index contributed by atoms with van der Waals surface area (Å²) in [6.07, 6.45) is 6.77. The average Bonchev–Trinajstić information content (AvgIpc) is 3.57. The molecule has 6 aromatic rings. The van der Waals surface area contributed by atoms with Crippen LogP contribution < -0.4 is 16.2 Å². The fourth-order valence-electron chi connectivity index (χ4n) is 4.75. The number of carbonyl (C=O) groups excluding carboxylic acids is 2. The highest BCUT2D eigenvalue weighted by Gasteiger charge is 2.11. The maximum Gasteiger partial charge on any atom is 0.247 e. The normalized spacial score (nSPS) is 11.5. The number of fused-ring (bicyclic) bond motifs is 2. The molecule has 0 bridgehead atoms. The topological polar surface area (TPSA) is 131 Å². The van der Waals surface area contributed by atoms with Gasteiger partial charge in [-0.15, -0.1) is 0 Å². The highest BCUT2D eigenvalue weighted by Crippen LogP contribution is 2.22. The minimum Gasteiger partial charge on any atom is -0.340 e. The summed E-state index contributed by atoms with van der Waals surface area (Å²) in [4.78, 5) is 33.3. The van der Waals surface area contributed by atoms with Crippen molar-refractivity contribution in [2.24, 2.45) is 10.2 Å². The quantitative estimate of drug-likeness (QED) is 0.144. The van der Waals surface area contributed by atoms with Crippen LogP contribution in [0.25, 0.3) is 21.8 Å². The van der Waals surface area contributed by atoms with E-state index in [2.05, 4.69) is 36.3 Å². The molecular weight excluding hydrogens is 542 g/mol. The summed E-state index contributed by atoms with van der Waals surface area (Å²) in [5.74, 6) is 0.967. The van der Waals surface area contributed by atoms with Gasteiger partial charge in [-0.1, -0.05) is 54.6 Å². The van der Waals surface area contributed by atoms with Crippen LogP contribution in [0.4, 0.5) is 23.3 Å². The third-order valence-corrected chi connectivity index (χ3v) is 6.69. The molecular formula is C32H27N9O2. The SMILES string of the molecule is CC(=O)n1cc(C=NNc2cc(Nc3ccccc3)nc(NN=Cc3cn(C(C)=O)c4ccccc34)n2)c2ccccc21. The number of anilines is 4. The molecule has 0 saturated carbocycles. The first-order chi connectivity index (χ1) is 21.0. The monoisotopic (exact) mass is 569 g/mol. The molecule has 3 N–H and O–H groups in total. The first-order valence-corrected chi connectivity index (χ1v) is 13.5. The molecule has 0 unspecified atom stereocenters. The van der Waals surface area contributed by atoms with Gasteiger partial charge >= 0.3 is 0 Å². The first-order valence-electron chi connectivity index (χ1n) is 13.5. The summed E-state index contributed by atoms with van der Waals surface area (Å²) in [7, 11) is 0. The van der Waals surface area contributed by atoms with E-state index >= 15 is 0 Å². The molecule has 11 nitrogen and oxygen atoms in total. The van der Waals surface area contributed by atoms with Crippen molar-refractivity contribution in [1.82, 2.24) is 19.1 Å². The van der Waals surface area contributed by atoms with Crippen molar-refractivity contribution in [3.05, 3.63) is 108 Å². The molecule has 0 radical (unpaired) electrons. The largest absolute Gasteiger partial charge is 0.340 e. The smallest absolute Gasteiger partial charge is 0.247 e. The Hall–Kier alpha value is -6.10. The second-order valence-corrected chi connectivity index (χ2v) is 9.67. The predicted octanol–water partition coefficient (Wildman–Crippen LogP) is 6.34. The number of carbonyl (C=O) groups is 2. The minimum atomic E-state index is -0.0889. The number of aromatic nitrogens is 4. The summed E-state index contributed by atoms with van der Waals surface area (Å²) in [6.45, 7) is 3.04. The van der Waals surface area contributed by atoms with E-state index in [4.69, 9.17) is 0 Å². The molecule has 0 saturated heterocycles. The van der Waals surface area contributed by atoms with E-state index in [1.807, 2.05) is 78.9 Å². The molecule has 3 aromatic carbocycles. The maximum absolute atomic E-state index is 12.1. The number of para-hydroxylation sites is 3. The third kappa shape index (κ3) is 5.86. The zero-order valence-electron chi connectivity index (χ0n) is 23.4. The number of nitrogens with zero attached hydrogens (tertiary/aromatic N) is 6. The van der Waals surface area contributed by atoms with Crippen LogP contribution in [0.2, 0.25) is 0 Å². The molecule has 0 aliphatic heterocycles. The third-order valence-electron chi connectivity index (χ3n) is 6.69. The van der Waals surface area contributed by atoms with E-state index in [9.17, 15) is 9.59 Å². The molecule has 0 atom stereocenters. The van der Waals surface area contributed by atoms with Crippen molar-refractivity contribution in [2.75, 3.05) is 16.2 Å². The number of hydrazone groups is 2. The second-order valence-electron chi connectivity index (χ2n) is 9.67. The zero-order chi connectivity index (χ0) is 29.8. The van der Waals surface area contributed by atoms with Crippen molar-refractivity contribution in [1.29, 1.82) is 0 Å². The van der Waals surface area contributed by atoms with E-state index in [0.29, 0.717) is 11.6 Å². The Morgan fingerprint density at radius 3 is 1.77 bits per heavy atom. The number of benzene rings is 3. The van der Waals surface area contributed by atoms with E-state index in [1.165, 1.54) is 13.8 Å². The summed E-state index contributed by atoms with van der Waals surface area (Å²) in [6, 6.07) is 26.6. The Balaban J connectivity index is 1.27. The molecule has 3 aromatic heterocycles. The molecule has 0 aliphatic rings. The maximum atomic E-state index is 12.1. The lowest BCUT2D eigenvalue weighted by Crippen LogP contribution is -2.04. The molecule has 212 valence electrons. The Morgan fingerprint density at radius 2 is 1.19 bits per heavy atom. The van der Waals surface area contributed by atoms with Gasteiger partial charge in [0.2, 0.25) is 17.8 Å². The molecule has 43 heavy (non-hydrogen) atoms. The Bertz CT molecular complexity index is 1900. The van der Waals surface area contributed by atoms with Gasteiger partial charge in [-0.3, -0.25) is 24.1 Å². The fourth-order valence-corrected chi connectivity index (χ4v) is 4.75. The van der Waals surface area contributed by atoms with Crippen LogP contribution in [0.5, 0.6) is 0 Å². The van der Waals surface area contributed by atoms with Crippen molar-refractivity contribution in [3.8, 4) is 0 Å². The van der Waals surface area contributed by atoms with Gasteiger partial charge in [0.05, 0.1) is 23.5 Å². The molecule has 0 aliphatic carbocycles. The minimum absolute atomic E-state index is 0.0848. The van der Waals surface area contributed by atoms with Gasteiger partial charge in [-0.25, -0.2) is 5.43 Å².